The van der Waals surface area contributed by atoms with E-state index in [1.54, 1.807) is 38.4 Å². The third-order valence-electron chi connectivity index (χ3n) is 21.6. The topological polar surface area (TPSA) is 379 Å². The smallest absolute Gasteiger partial charge is 0.286 e. The number of fused-ring (bicyclic) bond motifs is 5. The van der Waals surface area contributed by atoms with E-state index in [9.17, 15) is 63.8 Å². The number of benzene rings is 6. The number of nitro groups is 2. The molecule has 4 aliphatic rings. The minimum Gasteiger partial charge on any atom is -0.394 e. The summed E-state index contributed by atoms with van der Waals surface area (Å²) in [6.45, 7) is 28.7. The highest BCUT2D eigenvalue weighted by Crippen LogP contribution is 2.38. The number of aliphatic hydroxyl groups excluding tert-OH is 8. The first-order chi connectivity index (χ1) is 57.6. The first-order valence-corrected chi connectivity index (χ1v) is 40.2. The zero-order valence-corrected chi connectivity index (χ0v) is 71.1. The van der Waals surface area contributed by atoms with Crippen molar-refractivity contribution < 1.29 is 78.4 Å². The summed E-state index contributed by atoms with van der Waals surface area (Å²) in [5.41, 5.74) is 8.20. The summed E-state index contributed by atoms with van der Waals surface area (Å²) in [5, 5.41) is 102. The van der Waals surface area contributed by atoms with E-state index >= 15 is 0 Å². The normalized spacial score (nSPS) is 21.2. The number of ether oxygens (including phenoxy) is 4. The molecule has 0 saturated carbocycles. The van der Waals surface area contributed by atoms with Gasteiger partial charge in [-0.2, -0.15) is 0 Å². The van der Waals surface area contributed by atoms with Crippen molar-refractivity contribution in [1.82, 2.24) is 32.4 Å². The van der Waals surface area contributed by atoms with E-state index in [4.69, 9.17) is 39.4 Å². The lowest BCUT2D eigenvalue weighted by Gasteiger charge is -2.23. The number of para-hydroxylation sites is 1. The fourth-order valence-corrected chi connectivity index (χ4v) is 15.0. The molecule has 4 unspecified atom stereocenters. The van der Waals surface area contributed by atoms with Crippen molar-refractivity contribution in [2.24, 2.45) is 0 Å². The molecule has 16 rings (SSSR count). The fourth-order valence-electron chi connectivity index (χ4n) is 15.0. The number of hydrogen-bond donors (Lipinski definition) is 8. The van der Waals surface area contributed by atoms with Gasteiger partial charge in [-0.25, -0.2) is 13.8 Å². The molecule has 28 nitrogen and oxygen atoms in total. The largest absolute Gasteiger partial charge is 0.394 e. The molecule has 12 atom stereocenters. The molecule has 6 aromatic carbocycles. The summed E-state index contributed by atoms with van der Waals surface area (Å²) in [5.74, 6) is 4.74. The van der Waals surface area contributed by atoms with Crippen LogP contribution in [0.15, 0.2) is 185 Å². The van der Waals surface area contributed by atoms with Gasteiger partial charge in [0, 0.05) is 125 Å². The zero-order chi connectivity index (χ0) is 89.3. The van der Waals surface area contributed by atoms with Gasteiger partial charge in [0.25, 0.3) is 28.1 Å². The van der Waals surface area contributed by atoms with Crippen LogP contribution in [0.3, 0.4) is 0 Å². The summed E-state index contributed by atoms with van der Waals surface area (Å²) in [7, 11) is 0. The molecule has 12 aromatic rings. The number of aryl methyl sites for hydroxylation is 5. The van der Waals surface area contributed by atoms with Gasteiger partial charge in [0.1, 0.15) is 54.7 Å². The second kappa shape index (κ2) is 39.4. The Morgan fingerprint density at radius 3 is 1.56 bits per heavy atom. The second-order valence-corrected chi connectivity index (χ2v) is 33.7. The number of rotatable bonds is 10. The average molecular weight is 1680 g/mol. The van der Waals surface area contributed by atoms with Crippen LogP contribution in [-0.2, 0) is 35.6 Å². The lowest BCUT2D eigenvalue weighted by atomic mass is 10.0. The van der Waals surface area contributed by atoms with Gasteiger partial charge >= 0.3 is 0 Å². The van der Waals surface area contributed by atoms with E-state index in [2.05, 4.69) is 16.8 Å². The molecule has 4 fully saturated rings. The van der Waals surface area contributed by atoms with Crippen molar-refractivity contribution in [1.29, 1.82) is 0 Å². The van der Waals surface area contributed by atoms with Gasteiger partial charge in [0.05, 0.1) is 107 Å². The standard InChI is InChI=1S/C17H19NO.2C14H17NO.C13H14N2O5.C13H16N2O3.C12H14F2O3.C9H12N2O5/c1-6-8-13-11-18(17(3,4)5)16(19)15-12(2)9-7-10-14(13)15;1-10-5-6-12-11(9-10)7-8-15(13(12)16)14(2,3)4;1-10-6-5-7-11-8-9-15(14(2,3)4)13(16)12(10)11;16-7-12-11(17)6-13(20-12)14-4-3-8-5-9(15(18)19)1-2-10(8)14;1-8-3-2-4-9-13(8)14-7-15(9)12-5-10(17)11(6-16)18-12;1-6-2-7(9(14)3-8(6)13)11-4-10(16)12(5-15)17-11;12-5-8-7(13)3-9(16-8)10-2-1-6(4-10)11(14)15/h7,9-11H,1-5H3;2*5-9H,1-4H3;1-5,11-13,16-17H,6-7H2;2-4,7,10-12,16-17H,5-6H2,1H3;2-3,10-12,15-16H,4-5H2,1H3;1-2,4,7-9,12-13H,3,5H2/t;;;11?,12-,13-;2*10?,11-,12-;7?,8-,9-/m...1111/s1. The summed E-state index contributed by atoms with van der Waals surface area (Å²) in [6, 6.07) is 37.7. The van der Waals surface area contributed by atoms with Crippen LogP contribution < -0.4 is 16.7 Å². The Kier molecular flexibility index (Phi) is 30.1. The predicted molar refractivity (Wildman–Crippen MR) is 462 cm³/mol. The number of halogens is 2. The molecule has 6 aromatic heterocycles. The van der Waals surface area contributed by atoms with Gasteiger partial charge in [-0.3, -0.25) is 34.6 Å². The van der Waals surface area contributed by atoms with E-state index in [1.807, 2.05) is 210 Å². The van der Waals surface area contributed by atoms with Crippen molar-refractivity contribution in [2.45, 2.75) is 220 Å². The average Bonchev–Trinajstić information content (AvgIpc) is 0.810. The minimum atomic E-state index is -0.824. The maximum Gasteiger partial charge on any atom is 0.286 e. The molecule has 30 heteroatoms. The maximum absolute atomic E-state index is 13.6. The molecule has 0 aliphatic carbocycles. The minimum absolute atomic E-state index is 0.0226. The van der Waals surface area contributed by atoms with Crippen LogP contribution in [0.5, 0.6) is 0 Å². The monoisotopic (exact) mass is 1680 g/mol. The van der Waals surface area contributed by atoms with Gasteiger partial charge in [-0.1, -0.05) is 72.1 Å². The van der Waals surface area contributed by atoms with Gasteiger partial charge in [-0.15, -0.1) is 5.92 Å². The van der Waals surface area contributed by atoms with E-state index in [0.717, 1.165) is 82.6 Å². The van der Waals surface area contributed by atoms with Crippen molar-refractivity contribution in [3.63, 3.8) is 0 Å². The molecule has 650 valence electrons. The number of imidazole rings is 1. The van der Waals surface area contributed by atoms with Crippen LogP contribution in [0.25, 0.3) is 54.3 Å². The summed E-state index contributed by atoms with van der Waals surface area (Å²) in [6.07, 6.45) is 6.34. The zero-order valence-electron chi connectivity index (χ0n) is 71.1. The fraction of sp³-hybridized carbons (Fsp3) is 0.413. The quantitative estimate of drug-likeness (QED) is 0.0358. The number of non-ortho nitro benzene ring substituents is 1. The first kappa shape index (κ1) is 93.3. The highest BCUT2D eigenvalue weighted by molar-refractivity contribution is 5.90. The predicted octanol–water partition coefficient (Wildman–Crippen LogP) is 13.2. The Morgan fingerprint density at radius 1 is 0.475 bits per heavy atom. The van der Waals surface area contributed by atoms with Crippen molar-refractivity contribution in [3.8, 4) is 11.8 Å². The third-order valence-corrected chi connectivity index (χ3v) is 21.6. The third kappa shape index (κ3) is 21.5. The molecule has 122 heavy (non-hydrogen) atoms. The Morgan fingerprint density at radius 2 is 0.992 bits per heavy atom. The van der Waals surface area contributed by atoms with Gasteiger partial charge in [0.2, 0.25) is 0 Å². The Balaban J connectivity index is 0.000000149. The first-order valence-electron chi connectivity index (χ1n) is 40.2. The number of pyridine rings is 3. The Labute approximate surface area is 703 Å². The lowest BCUT2D eigenvalue weighted by Crippen LogP contribution is -2.34. The van der Waals surface area contributed by atoms with Crippen LogP contribution in [-0.4, -0.2) is 158 Å². The number of hydrogen-bond acceptors (Lipinski definition) is 20. The lowest BCUT2D eigenvalue weighted by molar-refractivity contribution is -0.385. The summed E-state index contributed by atoms with van der Waals surface area (Å²) in [4.78, 5) is 61.9. The molecule has 4 saturated heterocycles. The van der Waals surface area contributed by atoms with E-state index in [1.165, 1.54) is 53.7 Å². The van der Waals surface area contributed by atoms with Crippen LogP contribution >= 0.6 is 0 Å². The maximum atomic E-state index is 13.6. The molecular weight excluding hydrogens is 1570 g/mol. The molecule has 4 aliphatic heterocycles. The molecule has 10 heterocycles. The van der Waals surface area contributed by atoms with Crippen LogP contribution in [0.1, 0.15) is 159 Å². The number of nitro benzene ring substituents is 1. The summed E-state index contributed by atoms with van der Waals surface area (Å²) < 4.78 is 59.2. The van der Waals surface area contributed by atoms with Gasteiger partial charge in [0.15, 0.2) is 0 Å². The molecule has 0 spiro atoms. The molecule has 0 radical (unpaired) electrons. The Hall–Kier alpha value is -11.0. The summed E-state index contributed by atoms with van der Waals surface area (Å²) >= 11 is 0. The highest BCUT2D eigenvalue weighted by Gasteiger charge is 2.39. The highest BCUT2D eigenvalue weighted by atomic mass is 19.1. The van der Waals surface area contributed by atoms with E-state index in [-0.39, 0.29) is 95.5 Å². The molecule has 8 N–H and O–H groups in total. The van der Waals surface area contributed by atoms with E-state index in [0.29, 0.717) is 24.8 Å². The Bertz CT molecular complexity index is 5970. The van der Waals surface area contributed by atoms with Crippen molar-refractivity contribution in [3.05, 3.63) is 273 Å². The van der Waals surface area contributed by atoms with Crippen LogP contribution in [0.4, 0.5) is 20.2 Å². The number of aliphatic hydroxyl groups is 8. The van der Waals surface area contributed by atoms with Gasteiger partial charge in [-0.05, 0) is 179 Å². The number of nitrogens with zero attached hydrogens (tertiary/aromatic N) is 9. The second-order valence-electron chi connectivity index (χ2n) is 33.7. The van der Waals surface area contributed by atoms with Crippen molar-refractivity contribution >= 4 is 65.6 Å². The van der Waals surface area contributed by atoms with Crippen LogP contribution in [0.2, 0.25) is 0 Å². The molecule has 0 bridgehead atoms. The van der Waals surface area contributed by atoms with Gasteiger partial charge < -0.3 is 87.2 Å². The molecule has 0 amide bonds. The van der Waals surface area contributed by atoms with Crippen molar-refractivity contribution in [2.75, 3.05) is 26.4 Å². The van der Waals surface area contributed by atoms with E-state index < -0.39 is 82.6 Å². The SMILES string of the molecule is CC#Cc1cn(C(C)(C)C)c(=O)c2c(C)cccc12.Cc1cc([C@H]2CC(O)[C@@H](CO)O2)c(F)cc1F.Cc1ccc2c(=O)n(C(C)(C)C)ccc2c1.Cc1cccc2c1ncn2[C@H]1CC(O)[C@@H](CO)O1.Cc1cccc2ccn(C(C)(C)C)c(=O)c12.O=[N+]([O-])c1ccc2c(ccn2[C@H]2CC(O)[C@@H](CO)O2)c1.O=[N+]([O-])c1ccn([C@H]2CC(O)[C@@H](CO)O2)c1. The number of aromatic nitrogens is 7. The molecular formula is C92H109F2N9O19. The van der Waals surface area contributed by atoms with Crippen LogP contribution in [0, 0.1) is 78.3 Å².